The van der Waals surface area contributed by atoms with E-state index in [9.17, 15) is 4.39 Å². The lowest BCUT2D eigenvalue weighted by Crippen LogP contribution is -2.21. The summed E-state index contributed by atoms with van der Waals surface area (Å²) in [5, 5.41) is 4.35. The molecule has 0 fully saturated rings. The molecule has 16 heavy (non-hydrogen) atoms. The van der Waals surface area contributed by atoms with Crippen LogP contribution in [-0.4, -0.2) is 14.6 Å². The summed E-state index contributed by atoms with van der Waals surface area (Å²) in [5.41, 5.74) is 0.673. The van der Waals surface area contributed by atoms with Crippen LogP contribution < -0.4 is 0 Å². The monoisotopic (exact) mass is 221 g/mol. The molecule has 0 atom stereocenters. The Labute approximate surface area is 94.3 Å². The highest BCUT2D eigenvalue weighted by molar-refractivity contribution is 5.37. The molecule has 0 spiro atoms. The fraction of sp³-hybridized carbons (Fsp3) is 0.500. The van der Waals surface area contributed by atoms with Crippen molar-refractivity contribution < 1.29 is 4.39 Å². The molecule has 2 aromatic rings. The van der Waals surface area contributed by atoms with Gasteiger partial charge in [0.05, 0.1) is 6.20 Å². The van der Waals surface area contributed by atoms with Crippen LogP contribution in [0.25, 0.3) is 5.65 Å². The largest absolute Gasteiger partial charge is 0.218 e. The fourth-order valence-electron chi connectivity index (χ4n) is 1.68. The number of fused-ring (bicyclic) bond motifs is 1. The molecule has 4 heteroatoms. The van der Waals surface area contributed by atoms with Gasteiger partial charge < -0.3 is 0 Å². The van der Waals surface area contributed by atoms with Crippen LogP contribution in [-0.2, 0) is 5.41 Å². The van der Waals surface area contributed by atoms with Crippen molar-refractivity contribution in [3.63, 3.8) is 0 Å². The molecule has 2 aromatic heterocycles. The Hall–Kier alpha value is -1.45. The lowest BCUT2D eigenvalue weighted by Gasteiger charge is -2.22. The minimum absolute atomic E-state index is 0.0253. The number of nitrogens with zero attached hydrogens (tertiary/aromatic N) is 3. The molecule has 2 rings (SSSR count). The Balaban J connectivity index is 2.54. The molecule has 0 N–H and O–H groups in total. The Morgan fingerprint density at radius 1 is 1.31 bits per heavy atom. The van der Waals surface area contributed by atoms with Gasteiger partial charge in [-0.05, 0) is 25.0 Å². The number of hydrogen-bond acceptors (Lipinski definition) is 2. The van der Waals surface area contributed by atoms with Crippen LogP contribution in [0.15, 0.2) is 18.3 Å². The second kappa shape index (κ2) is 3.85. The lowest BCUT2D eigenvalue weighted by molar-refractivity contribution is 0.412. The highest BCUT2D eigenvalue weighted by Gasteiger charge is 2.27. The standard InChI is InChI=1S/C12H16FN3/c1-4-12(3,5-2)11-14-10-7-6-9(13)8-16(10)15-11/h6-8H,4-5H2,1-3H3. The Morgan fingerprint density at radius 2 is 2.00 bits per heavy atom. The van der Waals surface area contributed by atoms with Crippen LogP contribution in [0.5, 0.6) is 0 Å². The average Bonchev–Trinajstić information content (AvgIpc) is 2.71. The van der Waals surface area contributed by atoms with Crippen LogP contribution >= 0.6 is 0 Å². The maximum atomic E-state index is 13.0. The van der Waals surface area contributed by atoms with Gasteiger partial charge in [0, 0.05) is 5.41 Å². The second-order valence-corrected chi connectivity index (χ2v) is 4.35. The summed E-state index contributed by atoms with van der Waals surface area (Å²) in [6, 6.07) is 3.06. The summed E-state index contributed by atoms with van der Waals surface area (Å²) in [4.78, 5) is 4.45. The Kier molecular flexibility index (Phi) is 2.66. The quantitative estimate of drug-likeness (QED) is 0.797. The topological polar surface area (TPSA) is 30.2 Å². The van der Waals surface area contributed by atoms with E-state index in [0.717, 1.165) is 18.7 Å². The molecule has 0 aliphatic heterocycles. The van der Waals surface area contributed by atoms with E-state index in [1.54, 1.807) is 6.07 Å². The van der Waals surface area contributed by atoms with Gasteiger partial charge >= 0.3 is 0 Å². The highest BCUT2D eigenvalue weighted by Crippen LogP contribution is 2.28. The van der Waals surface area contributed by atoms with Crippen LogP contribution in [0.1, 0.15) is 39.4 Å². The van der Waals surface area contributed by atoms with E-state index in [4.69, 9.17) is 0 Å². The molecule has 0 saturated heterocycles. The summed E-state index contributed by atoms with van der Waals surface area (Å²) >= 11 is 0. The zero-order valence-electron chi connectivity index (χ0n) is 9.87. The van der Waals surface area contributed by atoms with Gasteiger partial charge in [0.2, 0.25) is 0 Å². The van der Waals surface area contributed by atoms with Gasteiger partial charge in [0.15, 0.2) is 11.5 Å². The van der Waals surface area contributed by atoms with E-state index < -0.39 is 0 Å². The third-order valence-corrected chi connectivity index (χ3v) is 3.40. The van der Waals surface area contributed by atoms with E-state index in [2.05, 4.69) is 30.9 Å². The fourth-order valence-corrected chi connectivity index (χ4v) is 1.68. The van der Waals surface area contributed by atoms with Gasteiger partial charge in [-0.1, -0.05) is 20.8 Å². The third-order valence-electron chi connectivity index (χ3n) is 3.40. The number of rotatable bonds is 3. The van der Waals surface area contributed by atoms with Crippen molar-refractivity contribution in [2.45, 2.75) is 39.0 Å². The summed E-state index contributed by atoms with van der Waals surface area (Å²) in [6.45, 7) is 6.38. The highest BCUT2D eigenvalue weighted by atomic mass is 19.1. The van der Waals surface area contributed by atoms with E-state index in [1.807, 2.05) is 0 Å². The summed E-state index contributed by atoms with van der Waals surface area (Å²) < 4.78 is 14.5. The van der Waals surface area contributed by atoms with Crippen molar-refractivity contribution in [1.29, 1.82) is 0 Å². The van der Waals surface area contributed by atoms with Gasteiger partial charge in [-0.2, -0.15) is 5.10 Å². The number of aromatic nitrogens is 3. The molecule has 86 valence electrons. The molecule has 0 aromatic carbocycles. The van der Waals surface area contributed by atoms with Crippen LogP contribution in [0.2, 0.25) is 0 Å². The van der Waals surface area contributed by atoms with Crippen molar-refractivity contribution >= 4 is 5.65 Å². The molecule has 0 bridgehead atoms. The smallest absolute Gasteiger partial charge is 0.157 e. The molecule has 0 radical (unpaired) electrons. The zero-order valence-corrected chi connectivity index (χ0v) is 9.87. The number of halogens is 1. The SMILES string of the molecule is CCC(C)(CC)c1nc2ccc(F)cn2n1. The number of hydrogen-bond donors (Lipinski definition) is 0. The normalized spacial score (nSPS) is 12.2. The molecule has 0 unspecified atom stereocenters. The van der Waals surface area contributed by atoms with Crippen LogP contribution in [0, 0.1) is 5.82 Å². The Bertz CT molecular complexity index is 500. The van der Waals surface area contributed by atoms with E-state index >= 15 is 0 Å². The molecule has 0 aliphatic rings. The predicted molar refractivity (Wildman–Crippen MR) is 60.9 cm³/mol. The van der Waals surface area contributed by atoms with Crippen molar-refractivity contribution in [2.24, 2.45) is 0 Å². The van der Waals surface area contributed by atoms with Crippen molar-refractivity contribution in [3.8, 4) is 0 Å². The predicted octanol–water partition coefficient (Wildman–Crippen LogP) is 2.95. The maximum absolute atomic E-state index is 13.0. The summed E-state index contributed by atoms with van der Waals surface area (Å²) in [5.74, 6) is 0.502. The van der Waals surface area contributed by atoms with Crippen molar-refractivity contribution in [2.75, 3.05) is 0 Å². The zero-order chi connectivity index (χ0) is 11.8. The molecule has 3 nitrogen and oxygen atoms in total. The van der Waals surface area contributed by atoms with E-state index in [0.29, 0.717) is 5.65 Å². The summed E-state index contributed by atoms with van der Waals surface area (Å²) in [6.07, 6.45) is 3.31. The first-order valence-electron chi connectivity index (χ1n) is 5.61. The van der Waals surface area contributed by atoms with Gasteiger partial charge in [0.25, 0.3) is 0 Å². The second-order valence-electron chi connectivity index (χ2n) is 4.35. The van der Waals surface area contributed by atoms with Crippen LogP contribution in [0.4, 0.5) is 4.39 Å². The minimum Gasteiger partial charge on any atom is -0.218 e. The van der Waals surface area contributed by atoms with E-state index in [1.165, 1.54) is 16.8 Å². The van der Waals surface area contributed by atoms with Gasteiger partial charge in [0.1, 0.15) is 5.82 Å². The minimum atomic E-state index is -0.293. The Morgan fingerprint density at radius 3 is 2.62 bits per heavy atom. The molecule has 0 aliphatic carbocycles. The molecular formula is C12H16FN3. The van der Waals surface area contributed by atoms with Crippen LogP contribution in [0.3, 0.4) is 0 Å². The third kappa shape index (κ3) is 1.68. The molecular weight excluding hydrogens is 205 g/mol. The van der Waals surface area contributed by atoms with Gasteiger partial charge in [-0.15, -0.1) is 0 Å². The van der Waals surface area contributed by atoms with Gasteiger partial charge in [-0.25, -0.2) is 13.9 Å². The van der Waals surface area contributed by atoms with Crippen molar-refractivity contribution in [1.82, 2.24) is 14.6 Å². The summed E-state index contributed by atoms with van der Waals surface area (Å²) in [7, 11) is 0. The van der Waals surface area contributed by atoms with Crippen molar-refractivity contribution in [3.05, 3.63) is 30.0 Å². The maximum Gasteiger partial charge on any atom is 0.157 e. The average molecular weight is 221 g/mol. The first-order chi connectivity index (χ1) is 7.59. The number of pyridine rings is 1. The molecule has 0 saturated carbocycles. The molecule has 0 amide bonds. The molecule has 2 heterocycles. The van der Waals surface area contributed by atoms with E-state index in [-0.39, 0.29) is 11.2 Å². The van der Waals surface area contributed by atoms with Gasteiger partial charge in [-0.3, -0.25) is 0 Å². The first kappa shape index (κ1) is 11.0. The lowest BCUT2D eigenvalue weighted by atomic mass is 9.84. The first-order valence-corrected chi connectivity index (χ1v) is 5.61.